The summed E-state index contributed by atoms with van der Waals surface area (Å²) in [5.74, 6) is 0. The average molecular weight is 565 g/mol. The molecule has 0 aliphatic rings. The summed E-state index contributed by atoms with van der Waals surface area (Å²) in [5.41, 5.74) is 12.5. The van der Waals surface area contributed by atoms with Crippen molar-refractivity contribution in [1.29, 1.82) is 0 Å². The van der Waals surface area contributed by atoms with Crippen LogP contribution in [0.3, 0.4) is 0 Å². The second-order valence-corrected chi connectivity index (χ2v) is 11.1. The number of benzene rings is 4. The van der Waals surface area contributed by atoms with Crippen molar-refractivity contribution >= 4 is 49.9 Å². The van der Waals surface area contributed by atoms with Gasteiger partial charge in [-0.05, 0) is 76.7 Å². The van der Waals surface area contributed by atoms with Crippen LogP contribution < -0.4 is 0 Å². The van der Waals surface area contributed by atoms with Crippen molar-refractivity contribution in [2.45, 2.75) is 6.92 Å². The van der Waals surface area contributed by atoms with Crippen LogP contribution in [0.25, 0.3) is 72.4 Å². The van der Waals surface area contributed by atoms with Gasteiger partial charge in [0.1, 0.15) is 0 Å². The second kappa shape index (κ2) is 10.4. The van der Waals surface area contributed by atoms with E-state index < -0.39 is 0 Å². The van der Waals surface area contributed by atoms with Crippen molar-refractivity contribution in [3.8, 4) is 22.5 Å². The Balaban J connectivity index is 1.08. The number of rotatable bonds is 5. The topological polar surface area (TPSA) is 43.1 Å². The molecule has 0 N–H and O–H groups in total. The normalized spacial score (nSPS) is 11.8. The van der Waals surface area contributed by atoms with E-state index in [1.807, 2.05) is 28.9 Å². The quantitative estimate of drug-likeness (QED) is 0.195. The van der Waals surface area contributed by atoms with Crippen LogP contribution in [-0.2, 0) is 0 Å². The Hall–Kier alpha value is -5.87. The van der Waals surface area contributed by atoms with Crippen molar-refractivity contribution < 1.29 is 0 Å². The van der Waals surface area contributed by atoms with Gasteiger partial charge in [-0.15, -0.1) is 0 Å². The van der Waals surface area contributed by atoms with Crippen LogP contribution in [0.4, 0.5) is 0 Å². The molecule has 4 heteroatoms. The minimum Gasteiger partial charge on any atom is -0.256 e. The molecule has 0 fully saturated rings. The molecule has 0 saturated carbocycles. The number of hydrogen-bond acceptors (Lipinski definition) is 3. The van der Waals surface area contributed by atoms with Gasteiger partial charge in [0.25, 0.3) is 0 Å². The lowest BCUT2D eigenvalue weighted by Gasteiger charge is -2.09. The van der Waals surface area contributed by atoms with Crippen LogP contribution in [0, 0.1) is 6.92 Å². The predicted octanol–water partition coefficient (Wildman–Crippen LogP) is 9.95. The molecule has 4 heterocycles. The Morgan fingerprint density at radius 1 is 0.727 bits per heavy atom. The summed E-state index contributed by atoms with van der Waals surface area (Å²) in [6, 6.07) is 42.1. The van der Waals surface area contributed by atoms with Gasteiger partial charge in [0.05, 0.1) is 33.5 Å². The lowest BCUT2D eigenvalue weighted by Crippen LogP contribution is -1.95. The van der Waals surface area contributed by atoms with Crippen molar-refractivity contribution in [2.24, 2.45) is 0 Å². The first-order valence-electron chi connectivity index (χ1n) is 14.7. The van der Waals surface area contributed by atoms with Gasteiger partial charge in [0.2, 0.25) is 0 Å². The molecule has 0 aliphatic carbocycles. The van der Waals surface area contributed by atoms with Crippen molar-refractivity contribution in [2.75, 3.05) is 0 Å². The number of allylic oxidation sites excluding steroid dienone is 2. The molecule has 4 aromatic carbocycles. The van der Waals surface area contributed by atoms with E-state index in [0.29, 0.717) is 0 Å². The third-order valence-corrected chi connectivity index (χ3v) is 8.43. The van der Waals surface area contributed by atoms with E-state index in [0.717, 1.165) is 77.4 Å². The summed E-state index contributed by atoms with van der Waals surface area (Å²) < 4.78 is 2.00. The molecule has 208 valence electrons. The van der Waals surface area contributed by atoms with E-state index in [9.17, 15) is 0 Å². The zero-order chi connectivity index (χ0) is 29.6. The smallest absolute Gasteiger partial charge is 0.0934 e. The van der Waals surface area contributed by atoms with E-state index in [1.165, 1.54) is 5.56 Å². The lowest BCUT2D eigenvalue weighted by atomic mass is 9.98. The standard InChI is InChI=1S/C40H28N4/c1-26(12-13-29-16-20-32-7-6-24-41-40(32)27(29)2)28-14-17-30(18-15-28)33-21-19-31-22-23-36(42-37(31)25-33)39-11-5-10-38-34-8-3-4-9-35(34)43-44(38)39/h3-25H,1H2,2H3/b13-12-. The molecule has 44 heavy (non-hydrogen) atoms. The summed E-state index contributed by atoms with van der Waals surface area (Å²) in [7, 11) is 0. The van der Waals surface area contributed by atoms with Gasteiger partial charge >= 0.3 is 0 Å². The van der Waals surface area contributed by atoms with Gasteiger partial charge in [-0.1, -0.05) is 104 Å². The number of aromatic nitrogens is 4. The van der Waals surface area contributed by atoms with Gasteiger partial charge < -0.3 is 0 Å². The largest absolute Gasteiger partial charge is 0.256 e. The highest BCUT2D eigenvalue weighted by molar-refractivity contribution is 5.95. The van der Waals surface area contributed by atoms with Crippen LogP contribution in [-0.4, -0.2) is 19.6 Å². The van der Waals surface area contributed by atoms with Gasteiger partial charge in [0, 0.05) is 22.4 Å². The monoisotopic (exact) mass is 564 g/mol. The van der Waals surface area contributed by atoms with Crippen molar-refractivity contribution in [3.05, 3.63) is 157 Å². The van der Waals surface area contributed by atoms with Crippen LogP contribution >= 0.6 is 0 Å². The molecule has 0 radical (unpaired) electrons. The zero-order valence-electron chi connectivity index (χ0n) is 24.3. The maximum Gasteiger partial charge on any atom is 0.0934 e. The minimum atomic E-state index is 0.893. The maximum atomic E-state index is 5.09. The number of fused-ring (bicyclic) bond motifs is 5. The van der Waals surface area contributed by atoms with Crippen LogP contribution in [0.2, 0.25) is 0 Å². The molecular formula is C40H28N4. The molecule has 0 bridgehead atoms. The van der Waals surface area contributed by atoms with Crippen LogP contribution in [0.15, 0.2) is 140 Å². The highest BCUT2D eigenvalue weighted by Gasteiger charge is 2.11. The van der Waals surface area contributed by atoms with Gasteiger partial charge in [-0.2, -0.15) is 5.10 Å². The molecule has 8 aromatic rings. The Labute approximate surface area is 255 Å². The maximum absolute atomic E-state index is 5.09. The Kier molecular flexibility index (Phi) is 6.13. The SMILES string of the molecule is C=C(/C=C\c1ccc2cccnc2c1C)c1ccc(-c2ccc3ccc(-c4cccc5c6ccccc6nn45)nc3c2)cc1. The molecule has 0 atom stereocenters. The number of aryl methyl sites for hydroxylation is 1. The molecule has 4 nitrogen and oxygen atoms in total. The third-order valence-electron chi connectivity index (χ3n) is 8.43. The van der Waals surface area contributed by atoms with Crippen LogP contribution in [0.1, 0.15) is 16.7 Å². The molecule has 0 unspecified atom stereocenters. The van der Waals surface area contributed by atoms with Crippen molar-refractivity contribution in [1.82, 2.24) is 19.6 Å². The Bertz CT molecular complexity index is 2410. The molecule has 8 rings (SSSR count). The van der Waals surface area contributed by atoms with E-state index in [-0.39, 0.29) is 0 Å². The summed E-state index contributed by atoms with van der Waals surface area (Å²) in [5, 5.41) is 8.26. The lowest BCUT2D eigenvalue weighted by molar-refractivity contribution is 0.984. The van der Waals surface area contributed by atoms with E-state index in [4.69, 9.17) is 10.1 Å². The average Bonchev–Trinajstić information content (AvgIpc) is 3.46. The molecule has 0 saturated heterocycles. The molecular weight excluding hydrogens is 536 g/mol. The first-order valence-corrected chi connectivity index (χ1v) is 14.7. The van der Waals surface area contributed by atoms with Gasteiger partial charge in [0.15, 0.2) is 0 Å². The third kappa shape index (κ3) is 4.45. The fraction of sp³-hybridized carbons (Fsp3) is 0.0250. The van der Waals surface area contributed by atoms with Crippen LogP contribution in [0.5, 0.6) is 0 Å². The number of nitrogens with zero attached hydrogens (tertiary/aromatic N) is 4. The molecule has 0 aliphatic heterocycles. The van der Waals surface area contributed by atoms with E-state index >= 15 is 0 Å². The molecule has 0 amide bonds. The summed E-state index contributed by atoms with van der Waals surface area (Å²) >= 11 is 0. The highest BCUT2D eigenvalue weighted by atomic mass is 15.2. The summed E-state index contributed by atoms with van der Waals surface area (Å²) in [4.78, 5) is 9.65. The Morgan fingerprint density at radius 3 is 2.45 bits per heavy atom. The fourth-order valence-electron chi connectivity index (χ4n) is 5.98. The zero-order valence-corrected chi connectivity index (χ0v) is 24.3. The minimum absolute atomic E-state index is 0.893. The number of hydrogen-bond donors (Lipinski definition) is 0. The van der Waals surface area contributed by atoms with E-state index in [2.05, 4.69) is 134 Å². The molecule has 4 aromatic heterocycles. The predicted molar refractivity (Wildman–Crippen MR) is 183 cm³/mol. The first kappa shape index (κ1) is 25.8. The summed E-state index contributed by atoms with van der Waals surface area (Å²) in [6.45, 7) is 6.45. The van der Waals surface area contributed by atoms with Gasteiger partial charge in [-0.25, -0.2) is 9.50 Å². The highest BCUT2D eigenvalue weighted by Crippen LogP contribution is 2.30. The van der Waals surface area contributed by atoms with Crippen molar-refractivity contribution in [3.63, 3.8) is 0 Å². The van der Waals surface area contributed by atoms with Gasteiger partial charge in [-0.3, -0.25) is 4.98 Å². The Morgan fingerprint density at radius 2 is 1.55 bits per heavy atom. The molecule has 0 spiro atoms. The summed E-state index contributed by atoms with van der Waals surface area (Å²) in [6.07, 6.45) is 6.05. The fourth-order valence-corrected chi connectivity index (χ4v) is 5.98. The number of pyridine rings is 3. The second-order valence-electron chi connectivity index (χ2n) is 11.1. The first-order chi connectivity index (χ1) is 21.6. The van der Waals surface area contributed by atoms with E-state index in [1.54, 1.807) is 0 Å².